The molecule has 0 spiro atoms. The molecule has 6 heteroatoms. The summed E-state index contributed by atoms with van der Waals surface area (Å²) < 4.78 is 13.1. The zero-order valence-electron chi connectivity index (χ0n) is 18.7. The van der Waals surface area contributed by atoms with Gasteiger partial charge in [0.1, 0.15) is 0 Å². The number of benzene rings is 2. The lowest BCUT2D eigenvalue weighted by molar-refractivity contribution is -0.118. The zero-order valence-corrected chi connectivity index (χ0v) is 18.7. The van der Waals surface area contributed by atoms with Gasteiger partial charge in [0, 0.05) is 34.2 Å². The molecular weight excluding hydrogens is 402 g/mol. The van der Waals surface area contributed by atoms with Crippen LogP contribution >= 0.6 is 0 Å². The molecule has 1 N–H and O–H groups in total. The van der Waals surface area contributed by atoms with E-state index in [1.165, 1.54) is 5.69 Å². The summed E-state index contributed by atoms with van der Waals surface area (Å²) >= 11 is 0. The van der Waals surface area contributed by atoms with E-state index in [-0.39, 0.29) is 18.1 Å². The number of anilines is 1. The maximum atomic E-state index is 13.3. The Hall–Kier alpha value is -3.46. The first-order chi connectivity index (χ1) is 15.3. The molecule has 0 bridgehead atoms. The summed E-state index contributed by atoms with van der Waals surface area (Å²) in [6.07, 6.45) is 2.10. The molecule has 6 nitrogen and oxygen atoms in total. The Kier molecular flexibility index (Phi) is 4.67. The summed E-state index contributed by atoms with van der Waals surface area (Å²) in [7, 11) is 0. The number of fused-ring (bicyclic) bond motifs is 2. The highest BCUT2D eigenvalue weighted by Gasteiger charge is 2.51. The second-order valence-corrected chi connectivity index (χ2v) is 9.72. The van der Waals surface area contributed by atoms with E-state index < -0.39 is 5.41 Å². The Morgan fingerprint density at radius 1 is 1.12 bits per heavy atom. The van der Waals surface area contributed by atoms with E-state index in [4.69, 9.17) is 14.7 Å². The fraction of sp³-hybridized carbons (Fsp3) is 0.385. The second-order valence-electron chi connectivity index (χ2n) is 9.72. The van der Waals surface area contributed by atoms with Gasteiger partial charge in [0.2, 0.25) is 12.7 Å². The fourth-order valence-corrected chi connectivity index (χ4v) is 4.59. The van der Waals surface area contributed by atoms with Gasteiger partial charge in [-0.25, -0.2) is 0 Å². The Morgan fingerprint density at radius 2 is 1.91 bits per heavy atom. The summed E-state index contributed by atoms with van der Waals surface area (Å²) in [6, 6.07) is 16.2. The van der Waals surface area contributed by atoms with Crippen molar-refractivity contribution in [2.45, 2.75) is 57.4 Å². The molecule has 32 heavy (non-hydrogen) atoms. The average molecular weight is 430 g/mol. The van der Waals surface area contributed by atoms with Gasteiger partial charge in [-0.15, -0.1) is 0 Å². The van der Waals surface area contributed by atoms with Crippen molar-refractivity contribution in [1.82, 2.24) is 4.57 Å². The van der Waals surface area contributed by atoms with E-state index in [9.17, 15) is 4.79 Å². The van der Waals surface area contributed by atoms with Crippen molar-refractivity contribution in [1.29, 1.82) is 5.26 Å². The van der Waals surface area contributed by atoms with Crippen molar-refractivity contribution in [2.75, 3.05) is 12.1 Å². The molecular formula is C26H27N3O3. The zero-order chi connectivity index (χ0) is 22.5. The smallest absolute Gasteiger partial charge is 0.235 e. The lowest BCUT2D eigenvalue weighted by Crippen LogP contribution is -2.27. The number of amides is 1. The molecule has 2 aromatic carbocycles. The Balaban J connectivity index is 1.43. The van der Waals surface area contributed by atoms with Crippen LogP contribution in [0, 0.1) is 11.3 Å². The minimum Gasteiger partial charge on any atom is -0.454 e. The average Bonchev–Trinajstić information content (AvgIpc) is 3.29. The largest absolute Gasteiger partial charge is 0.454 e. The number of hydrogen-bond donors (Lipinski definition) is 1. The number of aromatic nitrogens is 1. The van der Waals surface area contributed by atoms with Crippen LogP contribution in [0.2, 0.25) is 0 Å². The van der Waals surface area contributed by atoms with Crippen molar-refractivity contribution in [3.05, 3.63) is 53.7 Å². The predicted octanol–water partition coefficient (Wildman–Crippen LogP) is 5.25. The number of nitrogens with zero attached hydrogens (tertiary/aromatic N) is 2. The molecule has 0 atom stereocenters. The lowest BCUT2D eigenvalue weighted by atomic mass is 9.92. The van der Waals surface area contributed by atoms with Gasteiger partial charge >= 0.3 is 0 Å². The first-order valence-corrected chi connectivity index (χ1v) is 11.0. The van der Waals surface area contributed by atoms with Crippen molar-refractivity contribution < 1.29 is 14.3 Å². The predicted molar refractivity (Wildman–Crippen MR) is 123 cm³/mol. The van der Waals surface area contributed by atoms with Crippen LogP contribution in [0.1, 0.15) is 51.3 Å². The molecule has 1 aromatic heterocycles. The molecule has 1 amide bonds. The third-order valence-corrected chi connectivity index (χ3v) is 6.48. The molecule has 1 fully saturated rings. The number of nitriles is 1. The number of nitrogens with one attached hydrogen (secondary N) is 1. The molecule has 164 valence electrons. The van der Waals surface area contributed by atoms with Crippen LogP contribution in [0.5, 0.6) is 11.5 Å². The first-order valence-electron chi connectivity index (χ1n) is 11.0. The van der Waals surface area contributed by atoms with E-state index in [1.807, 2.05) is 36.4 Å². The number of carbonyl (C=O) groups excluding carboxylic acids is 1. The van der Waals surface area contributed by atoms with E-state index in [1.54, 1.807) is 0 Å². The number of ether oxygens (including phenoxy) is 2. The van der Waals surface area contributed by atoms with Gasteiger partial charge in [-0.3, -0.25) is 4.79 Å². The molecule has 3 aromatic rings. The van der Waals surface area contributed by atoms with Crippen molar-refractivity contribution >= 4 is 22.5 Å². The minimum absolute atomic E-state index is 0.00988. The van der Waals surface area contributed by atoms with Crippen molar-refractivity contribution in [3.63, 3.8) is 0 Å². The third kappa shape index (κ3) is 3.38. The van der Waals surface area contributed by atoms with E-state index in [2.05, 4.69) is 42.8 Å². The monoisotopic (exact) mass is 429 g/mol. The van der Waals surface area contributed by atoms with Gasteiger partial charge in [0.05, 0.1) is 17.9 Å². The molecule has 2 aliphatic rings. The Bertz CT molecular complexity index is 1260. The van der Waals surface area contributed by atoms with Crippen LogP contribution in [0.25, 0.3) is 10.9 Å². The maximum absolute atomic E-state index is 13.3. The van der Waals surface area contributed by atoms with E-state index >= 15 is 0 Å². The normalized spacial score (nSPS) is 16.1. The SMILES string of the molecule is CC(C)(C)c1cc2cc(NC(=O)C3(c4ccc5c(c4)OCO5)CC3)ccc2n1CCC#N. The summed E-state index contributed by atoms with van der Waals surface area (Å²) in [5.74, 6) is 1.44. The van der Waals surface area contributed by atoms with Crippen LogP contribution in [0.15, 0.2) is 42.5 Å². The van der Waals surface area contributed by atoms with Crippen LogP contribution < -0.4 is 14.8 Å². The summed E-state index contributed by atoms with van der Waals surface area (Å²) in [5.41, 5.74) is 3.47. The highest BCUT2D eigenvalue weighted by Crippen LogP contribution is 2.51. The highest BCUT2D eigenvalue weighted by molar-refractivity contribution is 6.02. The molecule has 2 heterocycles. The number of rotatable bonds is 5. The number of carbonyl (C=O) groups is 1. The third-order valence-electron chi connectivity index (χ3n) is 6.48. The molecule has 0 saturated heterocycles. The van der Waals surface area contributed by atoms with Crippen LogP contribution in [0.3, 0.4) is 0 Å². The fourth-order valence-electron chi connectivity index (χ4n) is 4.59. The quantitative estimate of drug-likeness (QED) is 0.601. The topological polar surface area (TPSA) is 76.3 Å². The molecule has 0 radical (unpaired) electrons. The Morgan fingerprint density at radius 3 is 2.62 bits per heavy atom. The van der Waals surface area contributed by atoms with Gasteiger partial charge in [0.25, 0.3) is 0 Å². The standard InChI is InChI=1S/C26H27N3O3/c1-25(2,3)23-14-17-13-19(6-7-20(17)29(23)12-4-11-27)28-24(30)26(9-10-26)18-5-8-21-22(15-18)32-16-31-21/h5-8,13-15H,4,9-10,12,16H2,1-3H3,(H,28,30). The van der Waals surface area contributed by atoms with Crippen LogP contribution in [-0.2, 0) is 22.2 Å². The summed E-state index contributed by atoms with van der Waals surface area (Å²) in [5, 5.41) is 13.3. The number of aryl methyl sites for hydroxylation is 1. The number of hydrogen-bond acceptors (Lipinski definition) is 4. The summed E-state index contributed by atoms with van der Waals surface area (Å²) in [4.78, 5) is 13.3. The van der Waals surface area contributed by atoms with Crippen LogP contribution in [-0.4, -0.2) is 17.3 Å². The molecule has 5 rings (SSSR count). The maximum Gasteiger partial charge on any atom is 0.235 e. The second kappa shape index (κ2) is 7.30. The first kappa shape index (κ1) is 20.4. The molecule has 1 aliphatic carbocycles. The lowest BCUT2D eigenvalue weighted by Gasteiger charge is -2.21. The van der Waals surface area contributed by atoms with Crippen molar-refractivity contribution in [2.24, 2.45) is 0 Å². The van der Waals surface area contributed by atoms with Gasteiger partial charge in [-0.2, -0.15) is 5.26 Å². The van der Waals surface area contributed by atoms with Gasteiger partial charge in [-0.05, 0) is 54.8 Å². The van der Waals surface area contributed by atoms with Gasteiger partial charge in [-0.1, -0.05) is 26.8 Å². The molecule has 1 aliphatic heterocycles. The molecule has 1 saturated carbocycles. The van der Waals surface area contributed by atoms with Crippen LogP contribution in [0.4, 0.5) is 5.69 Å². The van der Waals surface area contributed by atoms with Gasteiger partial charge < -0.3 is 19.4 Å². The van der Waals surface area contributed by atoms with E-state index in [0.717, 1.165) is 40.7 Å². The van der Waals surface area contributed by atoms with Crippen molar-refractivity contribution in [3.8, 4) is 17.6 Å². The van der Waals surface area contributed by atoms with Gasteiger partial charge in [0.15, 0.2) is 11.5 Å². The van der Waals surface area contributed by atoms with E-state index in [0.29, 0.717) is 18.7 Å². The Labute approximate surface area is 187 Å². The molecule has 0 unspecified atom stereocenters. The highest BCUT2D eigenvalue weighted by atomic mass is 16.7. The minimum atomic E-state index is -0.509. The summed E-state index contributed by atoms with van der Waals surface area (Å²) in [6.45, 7) is 7.41.